The molecule has 1 N–H and O–H groups in total. The molecule has 1 fully saturated rings. The molecular weight excluding hydrogens is 404 g/mol. The Balaban J connectivity index is 1.63. The van der Waals surface area contributed by atoms with Crippen molar-refractivity contribution in [3.8, 4) is 0 Å². The second-order valence-electron chi connectivity index (χ2n) is 5.45. The maximum atomic E-state index is 12.6. The molecule has 1 saturated heterocycles. The van der Waals surface area contributed by atoms with Crippen molar-refractivity contribution in [3.05, 3.63) is 73.6 Å². The van der Waals surface area contributed by atoms with Gasteiger partial charge in [-0.2, -0.15) is 5.01 Å². The van der Waals surface area contributed by atoms with Crippen molar-refractivity contribution >= 4 is 68.5 Å². The Labute approximate surface area is 166 Å². The van der Waals surface area contributed by atoms with Gasteiger partial charge in [0, 0.05) is 0 Å². The summed E-state index contributed by atoms with van der Waals surface area (Å²) in [6.45, 7) is 0. The van der Waals surface area contributed by atoms with Crippen LogP contribution in [0.2, 0.25) is 0 Å². The molecule has 9 heteroatoms. The van der Waals surface area contributed by atoms with Gasteiger partial charge in [-0.05, 0) is 41.9 Å². The second-order valence-corrected chi connectivity index (χ2v) is 8.08. The van der Waals surface area contributed by atoms with Gasteiger partial charge in [-0.1, -0.05) is 30.0 Å². The maximum Gasteiger partial charge on any atom is 0.285 e. The van der Waals surface area contributed by atoms with Gasteiger partial charge in [0.1, 0.15) is 11.8 Å². The van der Waals surface area contributed by atoms with Crippen molar-refractivity contribution in [2.45, 2.75) is 0 Å². The van der Waals surface area contributed by atoms with E-state index in [9.17, 15) is 14.4 Å². The van der Waals surface area contributed by atoms with Gasteiger partial charge in [-0.15, -0.1) is 11.3 Å². The highest BCUT2D eigenvalue weighted by molar-refractivity contribution is 8.26. The molecule has 1 aliphatic rings. The zero-order chi connectivity index (χ0) is 19.0. The third kappa shape index (κ3) is 3.32. The van der Waals surface area contributed by atoms with Crippen LogP contribution in [0.1, 0.15) is 15.2 Å². The van der Waals surface area contributed by atoms with Crippen molar-refractivity contribution in [1.29, 1.82) is 0 Å². The Morgan fingerprint density at radius 2 is 2.00 bits per heavy atom. The minimum Gasteiger partial charge on any atom is -0.463 e. The van der Waals surface area contributed by atoms with Crippen molar-refractivity contribution in [3.63, 3.8) is 0 Å². The van der Waals surface area contributed by atoms with Gasteiger partial charge in [0.25, 0.3) is 11.8 Å². The smallest absolute Gasteiger partial charge is 0.285 e. The Morgan fingerprint density at radius 3 is 2.78 bits per heavy atom. The number of fused-ring (bicyclic) bond motifs is 1. The molecule has 0 radical (unpaired) electrons. The minimum absolute atomic E-state index is 0.182. The lowest BCUT2D eigenvalue weighted by molar-refractivity contribution is -0.123. The van der Waals surface area contributed by atoms with Crippen LogP contribution in [-0.4, -0.2) is 21.1 Å². The molecule has 0 saturated carbocycles. The van der Waals surface area contributed by atoms with Crippen LogP contribution in [0.15, 0.2) is 62.2 Å². The number of hydrogen-bond acceptors (Lipinski definition) is 7. The van der Waals surface area contributed by atoms with Crippen molar-refractivity contribution in [1.82, 2.24) is 10.4 Å². The fourth-order valence-electron chi connectivity index (χ4n) is 2.46. The molecule has 4 rings (SSSR count). The first-order valence-electron chi connectivity index (χ1n) is 7.67. The van der Waals surface area contributed by atoms with Crippen LogP contribution in [0.3, 0.4) is 0 Å². The second kappa shape index (κ2) is 7.10. The van der Waals surface area contributed by atoms with Gasteiger partial charge in [0.15, 0.2) is 9.75 Å². The predicted molar refractivity (Wildman–Crippen MR) is 109 cm³/mol. The standard InChI is InChI=1S/C18H10N2O4S3/c21-15-10(9-24-12-5-2-1-4-11(12)15)8-14-17(23)20(18(25)27-14)19-16(22)13-6-3-7-26-13/h1-9H,(H,19,22)/b14-8+. The summed E-state index contributed by atoms with van der Waals surface area (Å²) in [5.41, 5.74) is 2.95. The number of carbonyl (C=O) groups excluding carboxylic acids is 2. The van der Waals surface area contributed by atoms with E-state index in [2.05, 4.69) is 5.43 Å². The van der Waals surface area contributed by atoms with Gasteiger partial charge in [0.05, 0.1) is 20.7 Å². The van der Waals surface area contributed by atoms with E-state index in [4.69, 9.17) is 16.6 Å². The lowest BCUT2D eigenvalue weighted by Gasteiger charge is -2.14. The quantitative estimate of drug-likeness (QED) is 0.523. The lowest BCUT2D eigenvalue weighted by Crippen LogP contribution is -2.44. The largest absolute Gasteiger partial charge is 0.463 e. The molecule has 3 aromatic rings. The predicted octanol–water partition coefficient (Wildman–Crippen LogP) is 3.40. The first kappa shape index (κ1) is 17.7. The van der Waals surface area contributed by atoms with E-state index < -0.39 is 11.8 Å². The molecule has 2 amide bonds. The van der Waals surface area contributed by atoms with E-state index in [0.717, 1.165) is 16.8 Å². The Hall–Kier alpha value is -2.75. The molecule has 0 unspecified atom stereocenters. The summed E-state index contributed by atoms with van der Waals surface area (Å²) in [4.78, 5) is 38.0. The summed E-state index contributed by atoms with van der Waals surface area (Å²) >= 11 is 7.44. The Bertz CT molecular complexity index is 1160. The molecule has 27 heavy (non-hydrogen) atoms. The number of rotatable bonds is 3. The number of para-hydroxylation sites is 1. The number of nitrogens with zero attached hydrogens (tertiary/aromatic N) is 1. The third-order valence-corrected chi connectivity index (χ3v) is 5.92. The number of amides is 2. The first-order chi connectivity index (χ1) is 13.0. The molecule has 134 valence electrons. The maximum absolute atomic E-state index is 12.6. The topological polar surface area (TPSA) is 79.6 Å². The van der Waals surface area contributed by atoms with Gasteiger partial charge in [-0.25, -0.2) is 0 Å². The highest BCUT2D eigenvalue weighted by Gasteiger charge is 2.34. The average Bonchev–Trinajstić information content (AvgIpc) is 3.29. The van der Waals surface area contributed by atoms with Crippen LogP contribution in [0.4, 0.5) is 0 Å². The average molecular weight is 414 g/mol. The monoisotopic (exact) mass is 414 g/mol. The zero-order valence-electron chi connectivity index (χ0n) is 13.5. The van der Waals surface area contributed by atoms with Gasteiger partial charge in [0.2, 0.25) is 0 Å². The highest BCUT2D eigenvalue weighted by atomic mass is 32.2. The van der Waals surface area contributed by atoms with Crippen LogP contribution in [0.5, 0.6) is 0 Å². The number of thiocarbonyl (C=S) groups is 1. The SMILES string of the molecule is O=C(NN1C(=O)/C(=C\c2coc3ccccc3c2=O)SC1=S)c1cccs1. The molecule has 2 aromatic heterocycles. The fraction of sp³-hybridized carbons (Fsp3) is 0. The summed E-state index contributed by atoms with van der Waals surface area (Å²) in [6.07, 6.45) is 2.73. The van der Waals surface area contributed by atoms with Crippen LogP contribution in [0, 0.1) is 0 Å². The van der Waals surface area contributed by atoms with Crippen molar-refractivity contribution < 1.29 is 14.0 Å². The molecule has 1 aliphatic heterocycles. The molecule has 0 aliphatic carbocycles. The summed E-state index contributed by atoms with van der Waals surface area (Å²) in [6, 6.07) is 10.2. The van der Waals surface area contributed by atoms with E-state index >= 15 is 0 Å². The van der Waals surface area contributed by atoms with E-state index in [0.29, 0.717) is 15.8 Å². The summed E-state index contributed by atoms with van der Waals surface area (Å²) < 4.78 is 5.64. The number of nitrogens with one attached hydrogen (secondary N) is 1. The van der Waals surface area contributed by atoms with Crippen LogP contribution < -0.4 is 10.9 Å². The van der Waals surface area contributed by atoms with Gasteiger partial charge in [-0.3, -0.25) is 19.8 Å². The molecule has 6 nitrogen and oxygen atoms in total. The summed E-state index contributed by atoms with van der Waals surface area (Å²) in [7, 11) is 0. The van der Waals surface area contributed by atoms with Gasteiger partial charge >= 0.3 is 0 Å². The number of carbonyl (C=O) groups is 2. The molecule has 0 bridgehead atoms. The van der Waals surface area contributed by atoms with E-state index in [1.54, 1.807) is 41.8 Å². The van der Waals surface area contributed by atoms with E-state index in [1.807, 2.05) is 0 Å². The number of hydrogen-bond donors (Lipinski definition) is 1. The third-order valence-electron chi connectivity index (χ3n) is 3.75. The van der Waals surface area contributed by atoms with E-state index in [1.165, 1.54) is 23.7 Å². The molecule has 1 aromatic carbocycles. The van der Waals surface area contributed by atoms with Crippen molar-refractivity contribution in [2.24, 2.45) is 0 Å². The Kier molecular flexibility index (Phi) is 4.65. The number of thiophene rings is 1. The molecule has 0 spiro atoms. The number of hydrazine groups is 1. The Morgan fingerprint density at radius 1 is 1.19 bits per heavy atom. The van der Waals surface area contributed by atoms with Crippen LogP contribution in [0.25, 0.3) is 17.0 Å². The molecule has 0 atom stereocenters. The normalized spacial score (nSPS) is 15.7. The fourth-order valence-corrected chi connectivity index (χ4v) is 4.25. The highest BCUT2D eigenvalue weighted by Crippen LogP contribution is 2.31. The lowest BCUT2D eigenvalue weighted by atomic mass is 10.1. The number of benzene rings is 1. The summed E-state index contributed by atoms with van der Waals surface area (Å²) in [5.74, 6) is -0.921. The molecular formula is C18H10N2O4S3. The number of thioether (sulfide) groups is 1. The van der Waals surface area contributed by atoms with Crippen LogP contribution in [-0.2, 0) is 4.79 Å². The van der Waals surface area contributed by atoms with E-state index in [-0.39, 0.29) is 20.2 Å². The zero-order valence-corrected chi connectivity index (χ0v) is 16.0. The molecule has 3 heterocycles. The van der Waals surface area contributed by atoms with Crippen LogP contribution >= 0.6 is 35.3 Å². The first-order valence-corrected chi connectivity index (χ1v) is 9.78. The van der Waals surface area contributed by atoms with Crippen molar-refractivity contribution in [2.75, 3.05) is 0 Å². The van der Waals surface area contributed by atoms with Gasteiger partial charge < -0.3 is 4.42 Å². The minimum atomic E-state index is -0.498. The summed E-state index contributed by atoms with van der Waals surface area (Å²) in [5, 5.41) is 3.20.